The van der Waals surface area contributed by atoms with Crippen LogP contribution in [0.2, 0.25) is 0 Å². The number of rotatable bonds is 5. The first-order valence-electron chi connectivity index (χ1n) is 4.56. The number of nitro benzene ring substituents is 1. The monoisotopic (exact) mass is 301 g/mol. The molecule has 1 unspecified atom stereocenters. The van der Waals surface area contributed by atoms with Crippen molar-refractivity contribution in [3.8, 4) is 0 Å². The predicted octanol–water partition coefficient (Wildman–Crippen LogP) is 2.02. The zero-order valence-corrected chi connectivity index (χ0v) is 10.1. The normalized spacial score (nSPS) is 11.8. The van der Waals surface area contributed by atoms with Crippen molar-refractivity contribution in [3.05, 3.63) is 39.9 Å². The lowest BCUT2D eigenvalue weighted by molar-refractivity contribution is -0.384. The largest absolute Gasteiger partial charge is 0.481 e. The summed E-state index contributed by atoms with van der Waals surface area (Å²) in [6.45, 7) is 0. The van der Waals surface area contributed by atoms with E-state index in [1.54, 1.807) is 0 Å². The molecule has 1 atom stereocenters. The second-order valence-corrected chi connectivity index (χ2v) is 4.34. The van der Waals surface area contributed by atoms with E-state index in [2.05, 4.69) is 15.9 Å². The molecule has 0 aliphatic heterocycles. The number of benzene rings is 1. The number of carboxylic acids is 1. The molecule has 0 saturated heterocycles. The molecule has 0 bridgehead atoms. The highest BCUT2D eigenvalue weighted by Crippen LogP contribution is 2.18. The maximum atomic E-state index is 11.7. The molecular formula is C10H8BrNO5. The van der Waals surface area contributed by atoms with E-state index in [0.717, 1.165) is 6.07 Å². The van der Waals surface area contributed by atoms with Crippen molar-refractivity contribution in [1.82, 2.24) is 0 Å². The molecule has 0 heterocycles. The minimum atomic E-state index is -1.12. The third kappa shape index (κ3) is 3.63. The molecule has 0 saturated carbocycles. The van der Waals surface area contributed by atoms with Crippen LogP contribution in [0.25, 0.3) is 0 Å². The summed E-state index contributed by atoms with van der Waals surface area (Å²) in [5.74, 6) is -1.61. The van der Waals surface area contributed by atoms with Crippen LogP contribution in [0.3, 0.4) is 0 Å². The van der Waals surface area contributed by atoms with E-state index in [-0.39, 0.29) is 17.7 Å². The molecule has 6 nitrogen and oxygen atoms in total. The second kappa shape index (κ2) is 5.53. The van der Waals surface area contributed by atoms with Crippen molar-refractivity contribution in [3.63, 3.8) is 0 Å². The average Bonchev–Trinajstić information content (AvgIpc) is 2.27. The number of hydrogen-bond acceptors (Lipinski definition) is 4. The zero-order valence-electron chi connectivity index (χ0n) is 8.50. The fourth-order valence-electron chi connectivity index (χ4n) is 1.20. The number of halogens is 1. The molecule has 0 radical (unpaired) electrons. The minimum Gasteiger partial charge on any atom is -0.481 e. The average molecular weight is 302 g/mol. The summed E-state index contributed by atoms with van der Waals surface area (Å²) in [6, 6.07) is 5.17. The Labute approximate surface area is 105 Å². The van der Waals surface area contributed by atoms with Crippen LogP contribution in [0.5, 0.6) is 0 Å². The van der Waals surface area contributed by atoms with Crippen molar-refractivity contribution in [1.29, 1.82) is 0 Å². The van der Waals surface area contributed by atoms with Gasteiger partial charge in [-0.2, -0.15) is 0 Å². The number of aliphatic carboxylic acids is 1. The summed E-state index contributed by atoms with van der Waals surface area (Å²) in [4.78, 5) is 31.2. The highest BCUT2D eigenvalue weighted by Gasteiger charge is 2.21. The Hall–Kier alpha value is -1.76. The molecular weight excluding hydrogens is 294 g/mol. The molecule has 1 aromatic carbocycles. The third-order valence-corrected chi connectivity index (χ3v) is 2.72. The fraction of sp³-hybridized carbons (Fsp3) is 0.200. The number of non-ortho nitro benzene ring substituents is 1. The molecule has 1 N–H and O–H groups in total. The van der Waals surface area contributed by atoms with Gasteiger partial charge in [0.2, 0.25) is 0 Å². The topological polar surface area (TPSA) is 97.5 Å². The van der Waals surface area contributed by atoms with E-state index in [1.165, 1.54) is 18.2 Å². The van der Waals surface area contributed by atoms with E-state index in [4.69, 9.17) is 5.11 Å². The highest BCUT2D eigenvalue weighted by molar-refractivity contribution is 9.10. The molecule has 0 aliphatic rings. The van der Waals surface area contributed by atoms with Crippen LogP contribution >= 0.6 is 15.9 Å². The van der Waals surface area contributed by atoms with Gasteiger partial charge in [-0.15, -0.1) is 0 Å². The lowest BCUT2D eigenvalue weighted by Crippen LogP contribution is -2.18. The van der Waals surface area contributed by atoms with Crippen molar-refractivity contribution < 1.29 is 19.6 Å². The SMILES string of the molecule is O=C(O)CC(Br)C(=O)c1cccc([N+](=O)[O-])c1. The standard InChI is InChI=1S/C10H8BrNO5/c11-8(5-9(13)14)10(15)6-2-1-3-7(4-6)12(16)17/h1-4,8H,5H2,(H,13,14). The second-order valence-electron chi connectivity index (χ2n) is 3.24. The van der Waals surface area contributed by atoms with E-state index < -0.39 is 21.5 Å². The van der Waals surface area contributed by atoms with Gasteiger partial charge in [-0.05, 0) is 0 Å². The van der Waals surface area contributed by atoms with Gasteiger partial charge in [-0.25, -0.2) is 0 Å². The van der Waals surface area contributed by atoms with Crippen LogP contribution in [0.4, 0.5) is 5.69 Å². The molecule has 0 aliphatic carbocycles. The van der Waals surface area contributed by atoms with Crippen LogP contribution in [0.15, 0.2) is 24.3 Å². The number of nitro groups is 1. The number of Topliss-reactive ketones (excluding diaryl/α,β-unsaturated/α-hetero) is 1. The summed E-state index contributed by atoms with van der Waals surface area (Å²) in [7, 11) is 0. The smallest absolute Gasteiger partial charge is 0.304 e. The summed E-state index contributed by atoms with van der Waals surface area (Å²) in [5, 5.41) is 19.0. The van der Waals surface area contributed by atoms with Crippen molar-refractivity contribution >= 4 is 33.4 Å². The number of nitrogens with zero attached hydrogens (tertiary/aromatic N) is 1. The molecule has 1 aromatic rings. The van der Waals surface area contributed by atoms with Gasteiger partial charge in [0.15, 0.2) is 5.78 Å². The lowest BCUT2D eigenvalue weighted by Gasteiger charge is -2.05. The molecule has 0 aromatic heterocycles. The number of hydrogen-bond donors (Lipinski definition) is 1. The van der Waals surface area contributed by atoms with Crippen LogP contribution in [0.1, 0.15) is 16.8 Å². The van der Waals surface area contributed by atoms with Crippen LogP contribution < -0.4 is 0 Å². The predicted molar refractivity (Wildman–Crippen MR) is 62.4 cm³/mol. The van der Waals surface area contributed by atoms with E-state index >= 15 is 0 Å². The number of carbonyl (C=O) groups is 2. The van der Waals surface area contributed by atoms with Gasteiger partial charge in [0.05, 0.1) is 16.2 Å². The van der Waals surface area contributed by atoms with E-state index in [0.29, 0.717) is 0 Å². The van der Waals surface area contributed by atoms with Gasteiger partial charge >= 0.3 is 5.97 Å². The maximum absolute atomic E-state index is 11.7. The highest BCUT2D eigenvalue weighted by atomic mass is 79.9. The fourth-order valence-corrected chi connectivity index (χ4v) is 1.74. The quantitative estimate of drug-likeness (QED) is 0.388. The van der Waals surface area contributed by atoms with Gasteiger partial charge in [-0.3, -0.25) is 19.7 Å². The van der Waals surface area contributed by atoms with Gasteiger partial charge in [-0.1, -0.05) is 28.1 Å². The number of ketones is 1. The zero-order chi connectivity index (χ0) is 13.0. The minimum absolute atomic E-state index is 0.113. The summed E-state index contributed by atoms with van der Waals surface area (Å²) >= 11 is 2.94. The Morgan fingerprint density at radius 1 is 1.47 bits per heavy atom. The van der Waals surface area contributed by atoms with Crippen LogP contribution in [0, 0.1) is 10.1 Å². The molecule has 0 amide bonds. The molecule has 0 spiro atoms. The van der Waals surface area contributed by atoms with Gasteiger partial charge < -0.3 is 5.11 Å². The van der Waals surface area contributed by atoms with E-state index in [1.807, 2.05) is 0 Å². The van der Waals surface area contributed by atoms with Gasteiger partial charge in [0, 0.05) is 17.7 Å². The third-order valence-electron chi connectivity index (χ3n) is 1.98. The van der Waals surface area contributed by atoms with Crippen molar-refractivity contribution in [2.45, 2.75) is 11.2 Å². The molecule has 7 heteroatoms. The number of alkyl halides is 1. The Balaban J connectivity index is 2.92. The Morgan fingerprint density at radius 2 is 2.12 bits per heavy atom. The molecule has 1 rings (SSSR count). The van der Waals surface area contributed by atoms with Crippen LogP contribution in [-0.4, -0.2) is 26.6 Å². The Kier molecular flexibility index (Phi) is 4.33. The first kappa shape index (κ1) is 13.3. The Morgan fingerprint density at radius 3 is 2.65 bits per heavy atom. The number of carbonyl (C=O) groups excluding carboxylic acids is 1. The molecule has 0 fully saturated rings. The first-order valence-corrected chi connectivity index (χ1v) is 5.48. The van der Waals surface area contributed by atoms with Crippen molar-refractivity contribution in [2.75, 3.05) is 0 Å². The van der Waals surface area contributed by atoms with Crippen LogP contribution in [-0.2, 0) is 4.79 Å². The van der Waals surface area contributed by atoms with Gasteiger partial charge in [0.1, 0.15) is 0 Å². The Bertz CT molecular complexity index is 474. The molecule has 90 valence electrons. The van der Waals surface area contributed by atoms with Crippen molar-refractivity contribution in [2.24, 2.45) is 0 Å². The molecule has 17 heavy (non-hydrogen) atoms. The maximum Gasteiger partial charge on any atom is 0.304 e. The first-order chi connectivity index (χ1) is 7.91. The number of carboxylic acid groups (broad SMARTS) is 1. The van der Waals surface area contributed by atoms with Gasteiger partial charge in [0.25, 0.3) is 5.69 Å². The summed E-state index contributed by atoms with van der Waals surface area (Å²) in [6.07, 6.45) is -0.373. The lowest BCUT2D eigenvalue weighted by atomic mass is 10.1. The summed E-state index contributed by atoms with van der Waals surface area (Å²) in [5.41, 5.74) is -0.0896. The summed E-state index contributed by atoms with van der Waals surface area (Å²) < 4.78 is 0. The van der Waals surface area contributed by atoms with E-state index in [9.17, 15) is 19.7 Å².